The maximum Gasteiger partial charge on any atom is 0.338 e. The van der Waals surface area contributed by atoms with Crippen LogP contribution in [0.15, 0.2) is 48.5 Å². The number of esters is 1. The molecule has 0 spiro atoms. The highest BCUT2D eigenvalue weighted by Crippen LogP contribution is 2.17. The normalized spacial score (nSPS) is 11.2. The zero-order valence-electron chi connectivity index (χ0n) is 14.9. The first-order valence-corrected chi connectivity index (χ1v) is 8.06. The summed E-state index contributed by atoms with van der Waals surface area (Å²) in [6.07, 6.45) is -1.02. The Morgan fingerprint density at radius 3 is 2.41 bits per heavy atom. The molecule has 0 fully saturated rings. The molecule has 8 heteroatoms. The van der Waals surface area contributed by atoms with Gasteiger partial charge in [0.1, 0.15) is 11.5 Å². The van der Waals surface area contributed by atoms with E-state index in [0.29, 0.717) is 17.2 Å². The number of carbonyl (C=O) groups is 3. The Bertz CT molecular complexity index is 819. The summed E-state index contributed by atoms with van der Waals surface area (Å²) in [5, 5.41) is 2.69. The number of methoxy groups -OCH3 is 1. The van der Waals surface area contributed by atoms with Gasteiger partial charge in [0.05, 0.1) is 12.7 Å². The molecule has 0 radical (unpaired) electrons. The molecule has 142 valence electrons. The Hall–Kier alpha value is -3.55. The molecule has 1 atom stereocenters. The summed E-state index contributed by atoms with van der Waals surface area (Å²) in [5.74, 6) is -0.729. The van der Waals surface area contributed by atoms with Crippen LogP contribution >= 0.6 is 0 Å². The van der Waals surface area contributed by atoms with Gasteiger partial charge in [0.2, 0.25) is 0 Å². The summed E-state index contributed by atoms with van der Waals surface area (Å²) in [6.45, 7) is 1.18. The van der Waals surface area contributed by atoms with Gasteiger partial charge in [-0.25, -0.2) is 4.79 Å². The van der Waals surface area contributed by atoms with Gasteiger partial charge in [-0.15, -0.1) is 0 Å². The van der Waals surface area contributed by atoms with Gasteiger partial charge in [-0.2, -0.15) is 0 Å². The molecule has 0 bridgehead atoms. The fraction of sp³-hybridized carbons (Fsp3) is 0.211. The molecule has 0 heterocycles. The highest BCUT2D eigenvalue weighted by atomic mass is 16.5. The smallest absolute Gasteiger partial charge is 0.338 e. The molecule has 3 N–H and O–H groups in total. The summed E-state index contributed by atoms with van der Waals surface area (Å²) in [5.41, 5.74) is 5.86. The average molecular weight is 372 g/mol. The number of rotatable bonds is 8. The number of amides is 2. The van der Waals surface area contributed by atoms with Crippen molar-refractivity contribution in [3.05, 3.63) is 54.1 Å². The molecule has 0 aliphatic rings. The second-order valence-electron chi connectivity index (χ2n) is 5.54. The fourth-order valence-electron chi connectivity index (χ4n) is 2.02. The summed E-state index contributed by atoms with van der Waals surface area (Å²) in [6, 6.07) is 12.9. The van der Waals surface area contributed by atoms with E-state index in [0.717, 1.165) is 0 Å². The molecule has 27 heavy (non-hydrogen) atoms. The maximum atomic E-state index is 12.0. The third kappa shape index (κ3) is 6.03. The molecule has 0 saturated heterocycles. The fourth-order valence-corrected chi connectivity index (χ4v) is 2.02. The van der Waals surface area contributed by atoms with Crippen LogP contribution in [0.5, 0.6) is 11.5 Å². The summed E-state index contributed by atoms with van der Waals surface area (Å²) < 4.78 is 15.4. The lowest BCUT2D eigenvalue weighted by molar-refractivity contribution is -0.125. The summed E-state index contributed by atoms with van der Waals surface area (Å²) in [7, 11) is 1.54. The quantitative estimate of drug-likeness (QED) is 0.682. The Kier molecular flexibility index (Phi) is 6.76. The van der Waals surface area contributed by atoms with Crippen LogP contribution in [-0.4, -0.2) is 37.6 Å². The van der Waals surface area contributed by atoms with E-state index >= 15 is 0 Å². The highest BCUT2D eigenvalue weighted by Gasteiger charge is 2.16. The van der Waals surface area contributed by atoms with E-state index in [-0.39, 0.29) is 18.1 Å². The van der Waals surface area contributed by atoms with E-state index in [4.69, 9.17) is 19.9 Å². The van der Waals surface area contributed by atoms with Gasteiger partial charge in [0.25, 0.3) is 11.8 Å². The molecule has 0 aliphatic heterocycles. The van der Waals surface area contributed by atoms with E-state index in [1.165, 1.54) is 38.3 Å². The van der Waals surface area contributed by atoms with Crippen molar-refractivity contribution in [3.8, 4) is 11.5 Å². The van der Waals surface area contributed by atoms with Crippen LogP contribution < -0.4 is 20.5 Å². The molecule has 0 saturated carbocycles. The van der Waals surface area contributed by atoms with Crippen LogP contribution in [-0.2, 0) is 14.3 Å². The number of benzene rings is 2. The second kappa shape index (κ2) is 9.23. The van der Waals surface area contributed by atoms with Crippen LogP contribution in [0.3, 0.4) is 0 Å². The minimum atomic E-state index is -1.02. The van der Waals surface area contributed by atoms with Crippen molar-refractivity contribution >= 4 is 23.5 Å². The molecule has 2 rings (SSSR count). The number of hydrogen-bond donors (Lipinski definition) is 2. The number of primary amides is 1. The first-order chi connectivity index (χ1) is 12.9. The van der Waals surface area contributed by atoms with Gasteiger partial charge < -0.3 is 25.3 Å². The van der Waals surface area contributed by atoms with Crippen molar-refractivity contribution in [3.63, 3.8) is 0 Å². The van der Waals surface area contributed by atoms with Crippen LogP contribution in [0.4, 0.5) is 5.69 Å². The van der Waals surface area contributed by atoms with E-state index in [2.05, 4.69) is 5.32 Å². The van der Waals surface area contributed by atoms with Gasteiger partial charge in [0.15, 0.2) is 12.7 Å². The van der Waals surface area contributed by atoms with Crippen LogP contribution in [0.25, 0.3) is 0 Å². The molecule has 8 nitrogen and oxygen atoms in total. The molecular weight excluding hydrogens is 352 g/mol. The van der Waals surface area contributed by atoms with E-state index in [9.17, 15) is 14.4 Å². The van der Waals surface area contributed by atoms with Gasteiger partial charge >= 0.3 is 5.97 Å². The zero-order chi connectivity index (χ0) is 19.8. The Morgan fingerprint density at radius 1 is 1.07 bits per heavy atom. The SMILES string of the molecule is COc1cccc(NC(=O)COc2ccc(C(=O)OC(C)C(N)=O)cc2)c1. The molecular formula is C19H20N2O6. The maximum absolute atomic E-state index is 12.0. The van der Waals surface area contributed by atoms with Crippen molar-refractivity contribution in [1.29, 1.82) is 0 Å². The zero-order valence-corrected chi connectivity index (χ0v) is 14.9. The number of anilines is 1. The number of nitrogens with two attached hydrogens (primary N) is 1. The predicted octanol–water partition coefficient (Wildman–Crippen LogP) is 1.74. The lowest BCUT2D eigenvalue weighted by Crippen LogP contribution is -2.30. The summed E-state index contributed by atoms with van der Waals surface area (Å²) >= 11 is 0. The topological polar surface area (TPSA) is 117 Å². The predicted molar refractivity (Wildman–Crippen MR) is 97.6 cm³/mol. The third-order valence-electron chi connectivity index (χ3n) is 3.50. The first kappa shape index (κ1) is 19.8. The second-order valence-corrected chi connectivity index (χ2v) is 5.54. The lowest BCUT2D eigenvalue weighted by Gasteiger charge is -2.10. The van der Waals surface area contributed by atoms with Gasteiger partial charge in [-0.05, 0) is 43.3 Å². The van der Waals surface area contributed by atoms with Crippen molar-refractivity contribution in [2.75, 3.05) is 19.0 Å². The van der Waals surface area contributed by atoms with Crippen LogP contribution in [0.1, 0.15) is 17.3 Å². The minimum absolute atomic E-state index is 0.209. The van der Waals surface area contributed by atoms with E-state index in [1.807, 2.05) is 0 Å². The van der Waals surface area contributed by atoms with Crippen molar-refractivity contribution < 1.29 is 28.6 Å². The first-order valence-electron chi connectivity index (χ1n) is 8.06. The Balaban J connectivity index is 1.86. The number of ether oxygens (including phenoxy) is 3. The highest BCUT2D eigenvalue weighted by molar-refractivity contribution is 5.93. The van der Waals surface area contributed by atoms with Crippen LogP contribution in [0.2, 0.25) is 0 Å². The van der Waals surface area contributed by atoms with Gasteiger partial charge in [-0.1, -0.05) is 6.07 Å². The molecule has 0 aromatic heterocycles. The van der Waals surface area contributed by atoms with Crippen molar-refractivity contribution in [1.82, 2.24) is 0 Å². The molecule has 2 amide bonds. The third-order valence-corrected chi connectivity index (χ3v) is 3.50. The minimum Gasteiger partial charge on any atom is -0.497 e. The number of nitrogens with one attached hydrogen (secondary N) is 1. The van der Waals surface area contributed by atoms with Gasteiger partial charge in [0, 0.05) is 11.8 Å². The van der Waals surface area contributed by atoms with E-state index in [1.54, 1.807) is 24.3 Å². The van der Waals surface area contributed by atoms with Crippen molar-refractivity contribution in [2.24, 2.45) is 5.73 Å². The molecule has 0 aliphatic carbocycles. The molecule has 2 aromatic rings. The standard InChI is InChI=1S/C19H20N2O6/c1-12(18(20)23)27-19(24)13-6-8-15(9-7-13)26-11-17(22)21-14-4-3-5-16(10-14)25-2/h3-10,12H,11H2,1-2H3,(H2,20,23)(H,21,22). The Labute approximate surface area is 156 Å². The molecule has 1 unspecified atom stereocenters. The summed E-state index contributed by atoms with van der Waals surface area (Å²) in [4.78, 5) is 34.7. The number of carbonyl (C=O) groups excluding carboxylic acids is 3. The van der Waals surface area contributed by atoms with Crippen LogP contribution in [0, 0.1) is 0 Å². The monoisotopic (exact) mass is 372 g/mol. The van der Waals surface area contributed by atoms with E-state index < -0.39 is 18.0 Å². The van der Waals surface area contributed by atoms with Gasteiger partial charge in [-0.3, -0.25) is 9.59 Å². The average Bonchev–Trinajstić information content (AvgIpc) is 2.66. The number of hydrogen-bond acceptors (Lipinski definition) is 6. The van der Waals surface area contributed by atoms with Crippen molar-refractivity contribution in [2.45, 2.75) is 13.0 Å². The lowest BCUT2D eigenvalue weighted by atomic mass is 10.2. The Morgan fingerprint density at radius 2 is 1.78 bits per heavy atom. The largest absolute Gasteiger partial charge is 0.497 e. The molecule has 2 aromatic carbocycles.